The van der Waals surface area contributed by atoms with Gasteiger partial charge in [0.25, 0.3) is 5.91 Å². The van der Waals surface area contributed by atoms with Gasteiger partial charge >= 0.3 is 0 Å². The quantitative estimate of drug-likeness (QED) is 0.297. The van der Waals surface area contributed by atoms with E-state index in [4.69, 9.17) is 11.0 Å². The lowest BCUT2D eigenvalue weighted by molar-refractivity contribution is -0.112. The van der Waals surface area contributed by atoms with E-state index in [1.807, 2.05) is 47.3 Å². The largest absolute Gasteiger partial charge is 0.383 e. The summed E-state index contributed by atoms with van der Waals surface area (Å²) in [5, 5.41) is 19.1. The Morgan fingerprint density at radius 2 is 1.91 bits per heavy atom. The molecule has 162 valence electrons. The molecule has 0 atom stereocenters. The summed E-state index contributed by atoms with van der Waals surface area (Å²) >= 11 is 0. The van der Waals surface area contributed by atoms with Crippen LogP contribution >= 0.6 is 0 Å². The van der Waals surface area contributed by atoms with Crippen molar-refractivity contribution in [2.24, 2.45) is 0 Å². The molecule has 0 fully saturated rings. The van der Waals surface area contributed by atoms with E-state index in [9.17, 15) is 4.79 Å². The maximum Gasteiger partial charge on any atom is 0.265 e. The summed E-state index contributed by atoms with van der Waals surface area (Å²) in [4.78, 5) is 20.4. The average Bonchev–Trinajstić information content (AvgIpc) is 3.27. The third kappa shape index (κ3) is 5.03. The van der Waals surface area contributed by atoms with Crippen LogP contribution in [0.4, 0.5) is 23.0 Å². The molecular formula is C24H20N8O. The van der Waals surface area contributed by atoms with Crippen molar-refractivity contribution in [1.82, 2.24) is 19.7 Å². The number of anilines is 4. The number of carbonyl (C=O) groups excluding carboxylic acids is 1. The van der Waals surface area contributed by atoms with Crippen LogP contribution in [0.5, 0.6) is 0 Å². The second-order valence-corrected chi connectivity index (χ2v) is 7.14. The highest BCUT2D eigenvalue weighted by atomic mass is 16.1. The van der Waals surface area contributed by atoms with E-state index in [0.29, 0.717) is 35.1 Å². The van der Waals surface area contributed by atoms with Crippen molar-refractivity contribution in [2.45, 2.75) is 6.54 Å². The number of nitriles is 1. The summed E-state index contributed by atoms with van der Waals surface area (Å²) in [6, 6.07) is 18.7. The van der Waals surface area contributed by atoms with Gasteiger partial charge in [-0.25, -0.2) is 9.97 Å². The Kier molecular flexibility index (Phi) is 6.09. The van der Waals surface area contributed by atoms with Crippen molar-refractivity contribution in [3.8, 4) is 17.2 Å². The van der Waals surface area contributed by atoms with Gasteiger partial charge in [-0.05, 0) is 23.8 Å². The van der Waals surface area contributed by atoms with Crippen LogP contribution < -0.4 is 16.4 Å². The zero-order chi connectivity index (χ0) is 23.2. The van der Waals surface area contributed by atoms with Crippen molar-refractivity contribution < 1.29 is 4.79 Å². The van der Waals surface area contributed by atoms with E-state index in [1.54, 1.807) is 30.5 Å². The lowest BCUT2D eigenvalue weighted by Gasteiger charge is -2.12. The molecular weight excluding hydrogens is 416 g/mol. The summed E-state index contributed by atoms with van der Waals surface area (Å²) in [5.41, 5.74) is 9.68. The minimum absolute atomic E-state index is 0.174. The first-order chi connectivity index (χ1) is 16.0. The van der Waals surface area contributed by atoms with Gasteiger partial charge in [-0.15, -0.1) is 0 Å². The second-order valence-electron chi connectivity index (χ2n) is 7.14. The van der Waals surface area contributed by atoms with E-state index < -0.39 is 5.91 Å². The number of aromatic nitrogens is 4. The van der Waals surface area contributed by atoms with Crippen molar-refractivity contribution in [3.63, 3.8) is 0 Å². The minimum atomic E-state index is -0.563. The molecule has 0 aliphatic heterocycles. The molecule has 0 aliphatic carbocycles. The molecule has 4 aromatic rings. The first kappa shape index (κ1) is 21.3. The number of nitrogens with two attached hydrogens (primary N) is 1. The molecule has 2 heterocycles. The van der Waals surface area contributed by atoms with Crippen molar-refractivity contribution >= 4 is 28.9 Å². The monoisotopic (exact) mass is 436 g/mol. The van der Waals surface area contributed by atoms with Gasteiger partial charge in [0, 0.05) is 23.1 Å². The van der Waals surface area contributed by atoms with Gasteiger partial charge in [0.1, 0.15) is 29.6 Å². The summed E-state index contributed by atoms with van der Waals surface area (Å²) in [5.74, 6) is 0.237. The number of amides is 1. The van der Waals surface area contributed by atoms with Gasteiger partial charge in [-0.1, -0.05) is 43.0 Å². The second kappa shape index (κ2) is 9.45. The van der Waals surface area contributed by atoms with E-state index in [-0.39, 0.29) is 5.57 Å². The van der Waals surface area contributed by atoms with Gasteiger partial charge in [-0.3, -0.25) is 9.48 Å². The first-order valence-corrected chi connectivity index (χ1v) is 9.98. The van der Waals surface area contributed by atoms with Gasteiger partial charge in [0.15, 0.2) is 0 Å². The van der Waals surface area contributed by atoms with Crippen LogP contribution in [0.25, 0.3) is 11.1 Å². The van der Waals surface area contributed by atoms with E-state index in [0.717, 1.165) is 11.1 Å². The molecule has 0 radical (unpaired) electrons. The fraction of sp³-hybridized carbons (Fsp3) is 0.0417. The van der Waals surface area contributed by atoms with E-state index >= 15 is 0 Å². The molecule has 0 saturated heterocycles. The number of rotatable bonds is 7. The Balaban J connectivity index is 1.58. The molecule has 9 heteroatoms. The number of benzene rings is 2. The molecule has 0 aliphatic rings. The van der Waals surface area contributed by atoms with E-state index in [2.05, 4.69) is 32.3 Å². The number of nitrogens with zero attached hydrogens (tertiary/aromatic N) is 5. The molecule has 4 rings (SSSR count). The standard InChI is InChI=1S/C24H20N8O/c1-16(11-25)24(33)31-20-9-5-8-19(10-20)30-23-21(22(26)27-15-28-23)18-12-29-32(14-18)13-17-6-3-2-4-7-17/h2-10,12,14-15H,1,13H2,(H,31,33)(H3,26,27,28,30). The summed E-state index contributed by atoms with van der Waals surface area (Å²) in [6.45, 7) is 4.03. The maximum absolute atomic E-state index is 11.9. The Hall–Kier alpha value is -4.97. The summed E-state index contributed by atoms with van der Waals surface area (Å²) in [7, 11) is 0. The Bertz CT molecular complexity index is 1350. The number of hydrogen-bond acceptors (Lipinski definition) is 7. The summed E-state index contributed by atoms with van der Waals surface area (Å²) < 4.78 is 1.82. The predicted octanol–water partition coefficient (Wildman–Crippen LogP) is 3.73. The van der Waals surface area contributed by atoms with Crippen LogP contribution in [0, 0.1) is 11.3 Å². The molecule has 33 heavy (non-hydrogen) atoms. The normalized spacial score (nSPS) is 10.3. The Labute approximate surface area is 190 Å². The van der Waals surface area contributed by atoms with Crippen LogP contribution in [0.3, 0.4) is 0 Å². The molecule has 2 aromatic carbocycles. The first-order valence-electron chi connectivity index (χ1n) is 9.98. The van der Waals surface area contributed by atoms with Crippen molar-refractivity contribution in [2.75, 3.05) is 16.4 Å². The average molecular weight is 436 g/mol. The molecule has 0 spiro atoms. The molecule has 0 unspecified atom stereocenters. The van der Waals surface area contributed by atoms with Gasteiger partial charge in [0.2, 0.25) is 0 Å². The SMILES string of the molecule is C=C(C#N)C(=O)Nc1cccc(Nc2ncnc(N)c2-c2cnn(Cc3ccccc3)c2)c1. The van der Waals surface area contributed by atoms with Crippen LogP contribution in [-0.2, 0) is 11.3 Å². The number of nitrogen functional groups attached to an aromatic ring is 1. The van der Waals surface area contributed by atoms with Crippen LogP contribution in [0.2, 0.25) is 0 Å². The number of nitrogens with one attached hydrogen (secondary N) is 2. The highest BCUT2D eigenvalue weighted by Crippen LogP contribution is 2.32. The predicted molar refractivity (Wildman–Crippen MR) is 126 cm³/mol. The molecule has 4 N–H and O–H groups in total. The Morgan fingerprint density at radius 3 is 2.70 bits per heavy atom. The molecule has 1 amide bonds. The third-order valence-electron chi connectivity index (χ3n) is 4.78. The van der Waals surface area contributed by atoms with E-state index in [1.165, 1.54) is 6.33 Å². The van der Waals surface area contributed by atoms with Crippen molar-refractivity contribution in [3.05, 3.63) is 91.0 Å². The molecule has 2 aromatic heterocycles. The Morgan fingerprint density at radius 1 is 1.12 bits per heavy atom. The molecule has 0 saturated carbocycles. The lowest BCUT2D eigenvalue weighted by Crippen LogP contribution is -2.12. The van der Waals surface area contributed by atoms with Gasteiger partial charge in [0.05, 0.1) is 18.3 Å². The third-order valence-corrected chi connectivity index (χ3v) is 4.78. The molecule has 0 bridgehead atoms. The minimum Gasteiger partial charge on any atom is -0.383 e. The van der Waals surface area contributed by atoms with Crippen LogP contribution in [0.15, 0.2) is 85.5 Å². The fourth-order valence-electron chi connectivity index (χ4n) is 3.20. The zero-order valence-electron chi connectivity index (χ0n) is 17.6. The molecule has 9 nitrogen and oxygen atoms in total. The topological polar surface area (TPSA) is 135 Å². The lowest BCUT2D eigenvalue weighted by atomic mass is 10.1. The van der Waals surface area contributed by atoms with Crippen LogP contribution in [0.1, 0.15) is 5.56 Å². The van der Waals surface area contributed by atoms with Gasteiger partial charge < -0.3 is 16.4 Å². The van der Waals surface area contributed by atoms with Crippen LogP contribution in [-0.4, -0.2) is 25.7 Å². The maximum atomic E-state index is 11.9. The van der Waals surface area contributed by atoms with Crippen molar-refractivity contribution in [1.29, 1.82) is 5.26 Å². The smallest absolute Gasteiger partial charge is 0.265 e. The summed E-state index contributed by atoms with van der Waals surface area (Å²) in [6.07, 6.45) is 4.97. The highest BCUT2D eigenvalue weighted by molar-refractivity contribution is 6.06. The highest BCUT2D eigenvalue weighted by Gasteiger charge is 2.15. The van der Waals surface area contributed by atoms with Gasteiger partial charge in [-0.2, -0.15) is 10.4 Å². The number of hydrogen-bond donors (Lipinski definition) is 3. The number of carbonyl (C=O) groups is 1. The zero-order valence-corrected chi connectivity index (χ0v) is 17.6. The fourth-order valence-corrected chi connectivity index (χ4v) is 3.20.